The van der Waals surface area contributed by atoms with Crippen molar-refractivity contribution in [3.63, 3.8) is 0 Å². The van der Waals surface area contributed by atoms with E-state index in [1.54, 1.807) is 0 Å². The zero-order valence-electron chi connectivity index (χ0n) is 11.9. The van der Waals surface area contributed by atoms with Gasteiger partial charge >= 0.3 is 0 Å². The van der Waals surface area contributed by atoms with Gasteiger partial charge in [-0.2, -0.15) is 0 Å². The highest BCUT2D eigenvalue weighted by molar-refractivity contribution is 5.28. The van der Waals surface area contributed by atoms with Crippen molar-refractivity contribution in [2.24, 2.45) is 0 Å². The number of hydrogen-bond donors (Lipinski definition) is 1. The first kappa shape index (κ1) is 14.4. The van der Waals surface area contributed by atoms with Gasteiger partial charge in [0.05, 0.1) is 6.10 Å². The van der Waals surface area contributed by atoms with Crippen LogP contribution in [0.4, 0.5) is 0 Å². The summed E-state index contributed by atoms with van der Waals surface area (Å²) in [6, 6.07) is 8.32. The van der Waals surface area contributed by atoms with E-state index in [1.165, 1.54) is 18.4 Å². The second kappa shape index (κ2) is 8.18. The van der Waals surface area contributed by atoms with Gasteiger partial charge in [0.25, 0.3) is 0 Å². The Morgan fingerprint density at radius 3 is 3.11 bits per heavy atom. The Balaban J connectivity index is 1.77. The van der Waals surface area contributed by atoms with Crippen LogP contribution in [0.1, 0.15) is 38.2 Å². The molecule has 0 radical (unpaired) electrons. The third-order valence-electron chi connectivity index (χ3n) is 3.36. The largest absolute Gasteiger partial charge is 0.491 e. The number of nitrogens with one attached hydrogen (secondary N) is 1. The molecule has 1 aliphatic heterocycles. The summed E-state index contributed by atoms with van der Waals surface area (Å²) in [7, 11) is 0. The van der Waals surface area contributed by atoms with E-state index >= 15 is 0 Å². The highest BCUT2D eigenvalue weighted by Crippen LogP contribution is 2.17. The number of rotatable bonds is 7. The van der Waals surface area contributed by atoms with Crippen molar-refractivity contribution < 1.29 is 9.47 Å². The van der Waals surface area contributed by atoms with Crippen LogP contribution in [0.2, 0.25) is 0 Å². The lowest BCUT2D eigenvalue weighted by Crippen LogP contribution is -2.25. The van der Waals surface area contributed by atoms with Crippen molar-refractivity contribution in [3.8, 4) is 5.75 Å². The topological polar surface area (TPSA) is 30.5 Å². The summed E-state index contributed by atoms with van der Waals surface area (Å²) in [6.45, 7) is 5.70. The fraction of sp³-hybridized carbons (Fsp3) is 0.625. The highest BCUT2D eigenvalue weighted by atomic mass is 16.5. The molecule has 0 spiro atoms. The lowest BCUT2D eigenvalue weighted by atomic mass is 10.1. The van der Waals surface area contributed by atoms with Crippen molar-refractivity contribution >= 4 is 0 Å². The summed E-state index contributed by atoms with van der Waals surface area (Å²) in [5, 5.41) is 3.40. The molecule has 19 heavy (non-hydrogen) atoms. The molecule has 1 aromatic carbocycles. The average Bonchev–Trinajstić information content (AvgIpc) is 2.47. The minimum Gasteiger partial charge on any atom is -0.491 e. The van der Waals surface area contributed by atoms with E-state index in [4.69, 9.17) is 9.47 Å². The van der Waals surface area contributed by atoms with Gasteiger partial charge in [0.15, 0.2) is 0 Å². The average molecular weight is 263 g/mol. The Hall–Kier alpha value is -1.06. The van der Waals surface area contributed by atoms with Crippen molar-refractivity contribution in [1.82, 2.24) is 5.32 Å². The second-order valence-corrected chi connectivity index (χ2v) is 5.12. The van der Waals surface area contributed by atoms with Gasteiger partial charge in [-0.3, -0.25) is 0 Å². The van der Waals surface area contributed by atoms with E-state index < -0.39 is 0 Å². The molecule has 1 fully saturated rings. The summed E-state index contributed by atoms with van der Waals surface area (Å²) in [4.78, 5) is 0. The van der Waals surface area contributed by atoms with E-state index in [1.807, 2.05) is 6.07 Å². The fourth-order valence-electron chi connectivity index (χ4n) is 2.28. The zero-order chi connectivity index (χ0) is 13.3. The van der Waals surface area contributed by atoms with E-state index in [0.29, 0.717) is 6.61 Å². The minimum absolute atomic E-state index is 0.274. The van der Waals surface area contributed by atoms with Crippen LogP contribution < -0.4 is 10.1 Å². The Morgan fingerprint density at radius 1 is 1.37 bits per heavy atom. The molecule has 3 heteroatoms. The molecular weight excluding hydrogens is 238 g/mol. The molecule has 3 nitrogen and oxygen atoms in total. The maximum absolute atomic E-state index is 5.84. The standard InChI is InChI=1S/C16H25NO2/c1-2-9-17-12-14-6-5-8-15(11-14)19-13-16-7-3-4-10-18-16/h5-6,8,11,16-17H,2-4,7,9-10,12-13H2,1H3. The summed E-state index contributed by atoms with van der Waals surface area (Å²) < 4.78 is 11.5. The molecule has 1 unspecified atom stereocenters. The summed E-state index contributed by atoms with van der Waals surface area (Å²) in [6.07, 6.45) is 5.01. The van der Waals surface area contributed by atoms with E-state index in [0.717, 1.165) is 38.3 Å². The molecule has 0 amide bonds. The predicted molar refractivity (Wildman–Crippen MR) is 77.5 cm³/mol. The third kappa shape index (κ3) is 5.21. The quantitative estimate of drug-likeness (QED) is 0.767. The SMILES string of the molecule is CCCNCc1cccc(OCC2CCCCO2)c1. The molecule has 0 aliphatic carbocycles. The van der Waals surface area contributed by atoms with Crippen LogP contribution in [-0.4, -0.2) is 25.9 Å². The van der Waals surface area contributed by atoms with Gasteiger partial charge in [0.2, 0.25) is 0 Å². The van der Waals surface area contributed by atoms with Gasteiger partial charge in [-0.25, -0.2) is 0 Å². The molecule has 2 rings (SSSR count). The van der Waals surface area contributed by atoms with Gasteiger partial charge < -0.3 is 14.8 Å². The highest BCUT2D eigenvalue weighted by Gasteiger charge is 2.14. The first-order chi connectivity index (χ1) is 9.38. The minimum atomic E-state index is 0.274. The van der Waals surface area contributed by atoms with Crippen LogP contribution in [0, 0.1) is 0 Å². The van der Waals surface area contributed by atoms with Crippen molar-refractivity contribution in [2.45, 2.75) is 45.3 Å². The molecule has 0 saturated carbocycles. The van der Waals surface area contributed by atoms with Gasteiger partial charge in [-0.15, -0.1) is 0 Å². The molecular formula is C16H25NO2. The van der Waals surface area contributed by atoms with Gasteiger partial charge in [-0.05, 0) is 49.9 Å². The van der Waals surface area contributed by atoms with E-state index in [2.05, 4.69) is 30.4 Å². The maximum Gasteiger partial charge on any atom is 0.119 e. The van der Waals surface area contributed by atoms with Crippen LogP contribution >= 0.6 is 0 Å². The van der Waals surface area contributed by atoms with Gasteiger partial charge in [0.1, 0.15) is 12.4 Å². The lowest BCUT2D eigenvalue weighted by molar-refractivity contribution is -0.0110. The monoisotopic (exact) mass is 263 g/mol. The molecule has 1 aliphatic rings. The molecule has 0 bridgehead atoms. The third-order valence-corrected chi connectivity index (χ3v) is 3.36. The predicted octanol–water partition coefficient (Wildman–Crippen LogP) is 3.13. The Kier molecular flexibility index (Phi) is 6.18. The van der Waals surface area contributed by atoms with E-state index in [-0.39, 0.29) is 6.10 Å². The first-order valence-electron chi connectivity index (χ1n) is 7.42. The number of hydrogen-bond acceptors (Lipinski definition) is 3. The van der Waals surface area contributed by atoms with Crippen LogP contribution in [0.5, 0.6) is 5.75 Å². The second-order valence-electron chi connectivity index (χ2n) is 5.12. The maximum atomic E-state index is 5.84. The molecule has 0 aromatic heterocycles. The normalized spacial score (nSPS) is 19.3. The molecule has 106 valence electrons. The zero-order valence-corrected chi connectivity index (χ0v) is 11.9. The van der Waals surface area contributed by atoms with Gasteiger partial charge in [-0.1, -0.05) is 19.1 Å². The van der Waals surface area contributed by atoms with Crippen LogP contribution in [0.25, 0.3) is 0 Å². The Labute approximate surface area is 116 Å². The van der Waals surface area contributed by atoms with Crippen LogP contribution in [0.3, 0.4) is 0 Å². The summed E-state index contributed by atoms with van der Waals surface area (Å²) in [5.74, 6) is 0.949. The van der Waals surface area contributed by atoms with Crippen molar-refractivity contribution in [3.05, 3.63) is 29.8 Å². The number of ether oxygens (including phenoxy) is 2. The van der Waals surface area contributed by atoms with Crippen molar-refractivity contribution in [1.29, 1.82) is 0 Å². The molecule has 1 N–H and O–H groups in total. The van der Waals surface area contributed by atoms with Crippen LogP contribution in [0.15, 0.2) is 24.3 Å². The summed E-state index contributed by atoms with van der Waals surface area (Å²) in [5.41, 5.74) is 1.27. The Bertz CT molecular complexity index is 362. The molecule has 1 heterocycles. The van der Waals surface area contributed by atoms with Gasteiger partial charge in [0, 0.05) is 13.2 Å². The summed E-state index contributed by atoms with van der Waals surface area (Å²) >= 11 is 0. The smallest absolute Gasteiger partial charge is 0.119 e. The lowest BCUT2D eigenvalue weighted by Gasteiger charge is -2.22. The van der Waals surface area contributed by atoms with Crippen molar-refractivity contribution in [2.75, 3.05) is 19.8 Å². The van der Waals surface area contributed by atoms with Crippen LogP contribution in [-0.2, 0) is 11.3 Å². The van der Waals surface area contributed by atoms with E-state index in [9.17, 15) is 0 Å². The fourth-order valence-corrected chi connectivity index (χ4v) is 2.28. The Morgan fingerprint density at radius 2 is 2.32 bits per heavy atom. The first-order valence-corrected chi connectivity index (χ1v) is 7.42. The molecule has 1 atom stereocenters. The molecule has 1 aromatic rings. The number of benzene rings is 1. The molecule has 1 saturated heterocycles.